The van der Waals surface area contributed by atoms with E-state index in [9.17, 15) is 5.11 Å². The summed E-state index contributed by atoms with van der Waals surface area (Å²) < 4.78 is 0. The van der Waals surface area contributed by atoms with Crippen LogP contribution in [0.15, 0.2) is 0 Å². The predicted octanol–water partition coefficient (Wildman–Crippen LogP) is 2.19. The van der Waals surface area contributed by atoms with E-state index in [-0.39, 0.29) is 11.0 Å². The van der Waals surface area contributed by atoms with Crippen molar-refractivity contribution in [2.45, 2.75) is 45.6 Å². The first-order valence-electron chi connectivity index (χ1n) is 4.71. The van der Waals surface area contributed by atoms with Gasteiger partial charge in [-0.15, -0.1) is 0 Å². The summed E-state index contributed by atoms with van der Waals surface area (Å²) in [5.74, 6) is 1.30. The Balaban J connectivity index is 2.40. The van der Waals surface area contributed by atoms with Gasteiger partial charge in [0.05, 0.1) is 5.60 Å². The van der Waals surface area contributed by atoms with E-state index in [2.05, 4.69) is 20.8 Å². The first kappa shape index (κ1) is 7.60. The van der Waals surface area contributed by atoms with Gasteiger partial charge in [-0.3, -0.25) is 0 Å². The summed E-state index contributed by atoms with van der Waals surface area (Å²) in [6.07, 6.45) is 3.52. The lowest BCUT2D eigenvalue weighted by atomic mass is 9.76. The standard InChI is InChI=1S/C10H18O/c1-7-6-8-4-5-10(7,11)9(8,2)3/h7-8,11H,4-6H2,1-3H3/t7-,8?,10?/m0/s1. The first-order valence-corrected chi connectivity index (χ1v) is 4.71. The Bertz CT molecular complexity index is 185. The second-order valence-corrected chi connectivity index (χ2v) is 5.02. The summed E-state index contributed by atoms with van der Waals surface area (Å²) in [6.45, 7) is 6.66. The molecule has 2 bridgehead atoms. The van der Waals surface area contributed by atoms with E-state index >= 15 is 0 Å². The highest BCUT2D eigenvalue weighted by Crippen LogP contribution is 2.62. The highest BCUT2D eigenvalue weighted by Gasteiger charge is 2.61. The van der Waals surface area contributed by atoms with Crippen molar-refractivity contribution >= 4 is 0 Å². The molecular weight excluding hydrogens is 136 g/mol. The van der Waals surface area contributed by atoms with Crippen molar-refractivity contribution in [3.63, 3.8) is 0 Å². The fraction of sp³-hybridized carbons (Fsp3) is 1.00. The van der Waals surface area contributed by atoms with Crippen molar-refractivity contribution in [3.8, 4) is 0 Å². The molecule has 0 spiro atoms. The minimum Gasteiger partial charge on any atom is -0.389 e. The molecule has 11 heavy (non-hydrogen) atoms. The molecule has 2 fully saturated rings. The quantitative estimate of drug-likeness (QED) is 0.567. The summed E-state index contributed by atoms with van der Waals surface area (Å²) in [7, 11) is 0. The third-order valence-corrected chi connectivity index (χ3v) is 4.46. The Hall–Kier alpha value is -0.0400. The molecule has 1 nitrogen and oxygen atoms in total. The van der Waals surface area contributed by atoms with E-state index in [0.717, 1.165) is 12.3 Å². The van der Waals surface area contributed by atoms with Gasteiger partial charge in [-0.25, -0.2) is 0 Å². The van der Waals surface area contributed by atoms with Gasteiger partial charge in [-0.1, -0.05) is 20.8 Å². The van der Waals surface area contributed by atoms with Crippen molar-refractivity contribution < 1.29 is 5.11 Å². The SMILES string of the molecule is C[C@H]1CC2CCC1(O)C2(C)C. The normalized spacial score (nSPS) is 53.5. The highest BCUT2D eigenvalue weighted by molar-refractivity contribution is 5.12. The van der Waals surface area contributed by atoms with Gasteiger partial charge in [0, 0.05) is 0 Å². The van der Waals surface area contributed by atoms with Crippen molar-refractivity contribution in [2.75, 3.05) is 0 Å². The molecule has 2 rings (SSSR count). The van der Waals surface area contributed by atoms with Crippen LogP contribution in [0.2, 0.25) is 0 Å². The number of fused-ring (bicyclic) bond motifs is 2. The van der Waals surface area contributed by atoms with Gasteiger partial charge in [0.15, 0.2) is 0 Å². The zero-order valence-electron chi connectivity index (χ0n) is 7.72. The third-order valence-electron chi connectivity index (χ3n) is 4.46. The molecule has 0 amide bonds. The fourth-order valence-corrected chi connectivity index (χ4v) is 3.35. The Morgan fingerprint density at radius 3 is 2.18 bits per heavy atom. The summed E-state index contributed by atoms with van der Waals surface area (Å²) >= 11 is 0. The topological polar surface area (TPSA) is 20.2 Å². The molecule has 2 saturated carbocycles. The average Bonchev–Trinajstić information content (AvgIpc) is 2.20. The van der Waals surface area contributed by atoms with Gasteiger partial charge in [0.25, 0.3) is 0 Å². The van der Waals surface area contributed by atoms with Crippen molar-refractivity contribution in [2.24, 2.45) is 17.3 Å². The van der Waals surface area contributed by atoms with Gasteiger partial charge < -0.3 is 5.11 Å². The highest BCUT2D eigenvalue weighted by atomic mass is 16.3. The Morgan fingerprint density at radius 1 is 1.36 bits per heavy atom. The van der Waals surface area contributed by atoms with Crippen LogP contribution in [-0.2, 0) is 0 Å². The van der Waals surface area contributed by atoms with Crippen LogP contribution < -0.4 is 0 Å². The minimum absolute atomic E-state index is 0.187. The maximum Gasteiger partial charge on any atom is 0.0726 e. The maximum absolute atomic E-state index is 10.3. The van der Waals surface area contributed by atoms with Gasteiger partial charge in [-0.05, 0) is 36.5 Å². The van der Waals surface area contributed by atoms with Crippen molar-refractivity contribution in [3.05, 3.63) is 0 Å². The molecule has 2 aliphatic rings. The van der Waals surface area contributed by atoms with Crippen LogP contribution in [0, 0.1) is 17.3 Å². The largest absolute Gasteiger partial charge is 0.389 e. The maximum atomic E-state index is 10.3. The van der Waals surface area contributed by atoms with Gasteiger partial charge in [-0.2, -0.15) is 0 Å². The summed E-state index contributed by atoms with van der Waals surface area (Å²) in [5.41, 5.74) is -0.149. The lowest BCUT2D eigenvalue weighted by molar-refractivity contribution is -0.0591. The molecule has 1 N–H and O–H groups in total. The fourth-order valence-electron chi connectivity index (χ4n) is 3.35. The zero-order valence-corrected chi connectivity index (χ0v) is 7.72. The van der Waals surface area contributed by atoms with Gasteiger partial charge in [0.2, 0.25) is 0 Å². The molecule has 0 aromatic carbocycles. The van der Waals surface area contributed by atoms with E-state index in [0.29, 0.717) is 5.92 Å². The lowest BCUT2D eigenvalue weighted by Crippen LogP contribution is -2.41. The monoisotopic (exact) mass is 154 g/mol. The van der Waals surface area contributed by atoms with E-state index in [4.69, 9.17) is 0 Å². The van der Waals surface area contributed by atoms with Crippen LogP contribution in [0.4, 0.5) is 0 Å². The lowest BCUT2D eigenvalue weighted by Gasteiger charge is -2.36. The zero-order chi connectivity index (χ0) is 8.28. The number of hydrogen-bond donors (Lipinski definition) is 1. The third kappa shape index (κ3) is 0.658. The Morgan fingerprint density at radius 2 is 2.00 bits per heavy atom. The molecule has 0 saturated heterocycles. The number of aliphatic hydroxyl groups is 1. The molecule has 1 heteroatoms. The van der Waals surface area contributed by atoms with Crippen LogP contribution >= 0.6 is 0 Å². The second kappa shape index (κ2) is 1.82. The van der Waals surface area contributed by atoms with E-state index in [1.54, 1.807) is 0 Å². The minimum atomic E-state index is -0.336. The molecule has 2 unspecified atom stereocenters. The van der Waals surface area contributed by atoms with Crippen LogP contribution in [0.1, 0.15) is 40.0 Å². The Labute approximate surface area is 68.8 Å². The molecule has 0 radical (unpaired) electrons. The van der Waals surface area contributed by atoms with Crippen LogP contribution in [-0.4, -0.2) is 10.7 Å². The molecule has 0 heterocycles. The van der Waals surface area contributed by atoms with E-state index in [1.807, 2.05) is 0 Å². The van der Waals surface area contributed by atoms with Crippen LogP contribution in [0.5, 0.6) is 0 Å². The molecule has 0 aromatic rings. The van der Waals surface area contributed by atoms with Crippen LogP contribution in [0.3, 0.4) is 0 Å². The first-order chi connectivity index (χ1) is 4.98. The molecule has 64 valence electrons. The summed E-state index contributed by atoms with van der Waals surface area (Å²) in [6, 6.07) is 0. The smallest absolute Gasteiger partial charge is 0.0726 e. The molecule has 0 aliphatic heterocycles. The van der Waals surface area contributed by atoms with Gasteiger partial charge in [0.1, 0.15) is 0 Å². The van der Waals surface area contributed by atoms with Crippen LogP contribution in [0.25, 0.3) is 0 Å². The second-order valence-electron chi connectivity index (χ2n) is 5.02. The predicted molar refractivity (Wildman–Crippen MR) is 45.2 cm³/mol. The number of rotatable bonds is 0. The Kier molecular flexibility index (Phi) is 1.26. The average molecular weight is 154 g/mol. The number of hydrogen-bond acceptors (Lipinski definition) is 1. The molecule has 3 atom stereocenters. The summed E-state index contributed by atoms with van der Waals surface area (Å²) in [5, 5.41) is 10.3. The van der Waals surface area contributed by atoms with Crippen molar-refractivity contribution in [1.82, 2.24) is 0 Å². The van der Waals surface area contributed by atoms with E-state index < -0.39 is 0 Å². The molecule has 0 aromatic heterocycles. The van der Waals surface area contributed by atoms with Gasteiger partial charge >= 0.3 is 0 Å². The molecule has 2 aliphatic carbocycles. The molecular formula is C10H18O. The summed E-state index contributed by atoms with van der Waals surface area (Å²) in [4.78, 5) is 0. The van der Waals surface area contributed by atoms with E-state index in [1.165, 1.54) is 12.8 Å². The van der Waals surface area contributed by atoms with Crippen molar-refractivity contribution in [1.29, 1.82) is 0 Å².